The maximum absolute atomic E-state index is 13.2. The van der Waals surface area contributed by atoms with Gasteiger partial charge in [0.05, 0.1) is 22.4 Å². The highest BCUT2D eigenvalue weighted by atomic mass is 32.1. The molecule has 0 unspecified atom stereocenters. The number of carbonyl (C=O) groups is 2. The van der Waals surface area contributed by atoms with Gasteiger partial charge in [0.2, 0.25) is 5.95 Å². The minimum absolute atomic E-state index is 0.107. The van der Waals surface area contributed by atoms with Crippen molar-refractivity contribution in [2.45, 2.75) is 20.3 Å². The van der Waals surface area contributed by atoms with Gasteiger partial charge in [-0.15, -0.1) is 11.3 Å². The van der Waals surface area contributed by atoms with Gasteiger partial charge < -0.3 is 15.0 Å². The Morgan fingerprint density at radius 1 is 1.11 bits per heavy atom. The number of hydrogen-bond donors (Lipinski definition) is 3. The molecular formula is C27H27N5O3S. The summed E-state index contributed by atoms with van der Waals surface area (Å²) in [7, 11) is 0. The number of benzene rings is 1. The number of H-pyrrole nitrogens is 1. The van der Waals surface area contributed by atoms with E-state index in [0.717, 1.165) is 23.2 Å². The van der Waals surface area contributed by atoms with Gasteiger partial charge in [0.15, 0.2) is 0 Å². The first kappa shape index (κ1) is 22.9. The minimum atomic E-state index is -0.457. The van der Waals surface area contributed by atoms with Gasteiger partial charge in [0.25, 0.3) is 11.8 Å². The van der Waals surface area contributed by atoms with Crippen LogP contribution in [-0.2, 0) is 9.59 Å². The van der Waals surface area contributed by atoms with E-state index in [-0.39, 0.29) is 18.1 Å². The molecule has 2 aliphatic rings. The third-order valence-electron chi connectivity index (χ3n) is 7.50. The number of hydrogen-bond acceptors (Lipinski definition) is 7. The predicted octanol–water partition coefficient (Wildman–Crippen LogP) is 3.83. The van der Waals surface area contributed by atoms with Crippen LogP contribution < -0.4 is 10.2 Å². The standard InChI is InChI=1S/C27H27N5O3S/c1-14(2)16-7-9-32(12-15(16)13-33)27-29-20-6-4-3-5-18(20)23(30-27)22-21(24(34)31-25(22)35)19-11-28-26-17(19)8-10-36-26/h3-6,8,10-11,14-16,28,33H,7,9,12-13H2,1-2H3,(H,31,34,35)/t15-,16-/m0/s1. The largest absolute Gasteiger partial charge is 0.396 e. The molecule has 0 radical (unpaired) electrons. The van der Waals surface area contributed by atoms with Gasteiger partial charge in [0.1, 0.15) is 4.83 Å². The molecule has 5 heterocycles. The lowest BCUT2D eigenvalue weighted by Gasteiger charge is -2.39. The lowest BCUT2D eigenvalue weighted by Crippen LogP contribution is -2.44. The van der Waals surface area contributed by atoms with Crippen LogP contribution in [0.5, 0.6) is 0 Å². The van der Waals surface area contributed by atoms with Gasteiger partial charge >= 0.3 is 0 Å². The van der Waals surface area contributed by atoms with Crippen LogP contribution in [0.3, 0.4) is 0 Å². The third-order valence-corrected chi connectivity index (χ3v) is 8.34. The van der Waals surface area contributed by atoms with E-state index in [0.29, 0.717) is 52.1 Å². The van der Waals surface area contributed by atoms with E-state index in [2.05, 4.69) is 29.0 Å². The van der Waals surface area contributed by atoms with E-state index < -0.39 is 11.8 Å². The highest BCUT2D eigenvalue weighted by molar-refractivity contribution is 7.16. The van der Waals surface area contributed by atoms with Crippen molar-refractivity contribution in [1.82, 2.24) is 20.3 Å². The first-order chi connectivity index (χ1) is 17.5. The summed E-state index contributed by atoms with van der Waals surface area (Å²) in [4.78, 5) is 42.3. The summed E-state index contributed by atoms with van der Waals surface area (Å²) in [5, 5.41) is 16.1. The van der Waals surface area contributed by atoms with Gasteiger partial charge in [0, 0.05) is 48.1 Å². The fraction of sp³-hybridized carbons (Fsp3) is 0.333. The van der Waals surface area contributed by atoms with Crippen LogP contribution in [0.15, 0.2) is 41.9 Å². The van der Waals surface area contributed by atoms with Gasteiger partial charge in [-0.3, -0.25) is 14.9 Å². The smallest absolute Gasteiger partial charge is 0.261 e. The number of aromatic nitrogens is 3. The summed E-state index contributed by atoms with van der Waals surface area (Å²) in [6.07, 6.45) is 2.71. The maximum atomic E-state index is 13.2. The number of carbonyl (C=O) groups excluding carboxylic acids is 2. The molecule has 0 aliphatic carbocycles. The fourth-order valence-corrected chi connectivity index (χ4v) is 6.46. The number of anilines is 1. The van der Waals surface area contributed by atoms with E-state index >= 15 is 0 Å². The van der Waals surface area contributed by atoms with Crippen molar-refractivity contribution in [3.05, 3.63) is 53.2 Å². The van der Waals surface area contributed by atoms with Crippen LogP contribution in [0.1, 0.15) is 31.5 Å². The first-order valence-corrected chi connectivity index (χ1v) is 13.1. The lowest BCUT2D eigenvalue weighted by molar-refractivity contribution is -0.122. The summed E-state index contributed by atoms with van der Waals surface area (Å²) in [6.45, 7) is 5.91. The second-order valence-corrected chi connectivity index (χ2v) is 10.8. The molecule has 0 saturated carbocycles. The zero-order valence-electron chi connectivity index (χ0n) is 20.1. The average Bonchev–Trinajstić information content (AvgIpc) is 3.57. The SMILES string of the molecule is CC(C)[C@@H]1CCN(c2nc(C3=C(c4c[nH]c5sccc45)C(=O)NC3=O)c3ccccc3n2)C[C@H]1CO. The van der Waals surface area contributed by atoms with Gasteiger partial charge in [-0.2, -0.15) is 0 Å². The van der Waals surface area contributed by atoms with E-state index in [1.54, 1.807) is 17.5 Å². The Hall–Kier alpha value is -3.56. The molecule has 2 atom stereocenters. The molecule has 9 heteroatoms. The predicted molar refractivity (Wildman–Crippen MR) is 141 cm³/mol. The highest BCUT2D eigenvalue weighted by Crippen LogP contribution is 2.39. The molecule has 36 heavy (non-hydrogen) atoms. The van der Waals surface area contributed by atoms with Gasteiger partial charge in [-0.1, -0.05) is 32.0 Å². The third kappa shape index (κ3) is 3.61. The first-order valence-electron chi connectivity index (χ1n) is 12.2. The number of piperidine rings is 1. The normalized spacial score (nSPS) is 20.8. The van der Waals surface area contributed by atoms with E-state index in [1.165, 1.54) is 0 Å². The monoisotopic (exact) mass is 501 g/mol. The van der Waals surface area contributed by atoms with Crippen molar-refractivity contribution >= 4 is 61.4 Å². The maximum Gasteiger partial charge on any atom is 0.261 e. The van der Waals surface area contributed by atoms with Crippen molar-refractivity contribution in [2.24, 2.45) is 17.8 Å². The zero-order valence-corrected chi connectivity index (χ0v) is 20.9. The number of nitrogens with zero attached hydrogens (tertiary/aromatic N) is 3. The van der Waals surface area contributed by atoms with Crippen molar-refractivity contribution in [2.75, 3.05) is 24.6 Å². The number of rotatable bonds is 5. The number of imide groups is 1. The molecule has 4 aromatic rings. The van der Waals surface area contributed by atoms with Gasteiger partial charge in [-0.25, -0.2) is 9.97 Å². The molecular weight excluding hydrogens is 474 g/mol. The number of para-hydroxylation sites is 1. The number of amides is 2. The molecule has 184 valence electrons. The van der Waals surface area contributed by atoms with Crippen molar-refractivity contribution < 1.29 is 14.7 Å². The molecule has 1 saturated heterocycles. The number of aromatic amines is 1. The average molecular weight is 502 g/mol. The van der Waals surface area contributed by atoms with Crippen molar-refractivity contribution in [3.63, 3.8) is 0 Å². The molecule has 0 bridgehead atoms. The number of nitrogens with one attached hydrogen (secondary N) is 2. The summed E-state index contributed by atoms with van der Waals surface area (Å²) in [5.74, 6) is 0.660. The van der Waals surface area contributed by atoms with Crippen LogP contribution in [0, 0.1) is 17.8 Å². The van der Waals surface area contributed by atoms with E-state index in [9.17, 15) is 14.7 Å². The van der Waals surface area contributed by atoms with Crippen molar-refractivity contribution in [1.29, 1.82) is 0 Å². The fourth-order valence-electron chi connectivity index (χ4n) is 5.69. The molecule has 2 aliphatic heterocycles. The topological polar surface area (TPSA) is 111 Å². The second-order valence-electron chi connectivity index (χ2n) is 9.87. The number of fused-ring (bicyclic) bond motifs is 2. The number of aliphatic hydroxyl groups is 1. The molecule has 3 aromatic heterocycles. The van der Waals surface area contributed by atoms with Crippen LogP contribution in [0.4, 0.5) is 5.95 Å². The molecule has 2 amide bonds. The molecule has 6 rings (SSSR count). The van der Waals surface area contributed by atoms with E-state index in [4.69, 9.17) is 9.97 Å². The zero-order chi connectivity index (χ0) is 25.0. The van der Waals surface area contributed by atoms with Crippen LogP contribution >= 0.6 is 11.3 Å². The van der Waals surface area contributed by atoms with E-state index in [1.807, 2.05) is 35.7 Å². The Morgan fingerprint density at radius 3 is 2.72 bits per heavy atom. The molecule has 3 N–H and O–H groups in total. The molecule has 0 spiro atoms. The number of thiophene rings is 1. The van der Waals surface area contributed by atoms with Crippen LogP contribution in [-0.4, -0.2) is 51.6 Å². The Kier molecular flexibility index (Phi) is 5.61. The Morgan fingerprint density at radius 2 is 1.92 bits per heavy atom. The Labute approximate surface area is 212 Å². The summed E-state index contributed by atoms with van der Waals surface area (Å²) >= 11 is 1.55. The van der Waals surface area contributed by atoms with Gasteiger partial charge in [-0.05, 0) is 35.8 Å². The van der Waals surface area contributed by atoms with Crippen LogP contribution in [0.25, 0.3) is 32.3 Å². The van der Waals surface area contributed by atoms with Crippen molar-refractivity contribution in [3.8, 4) is 0 Å². The summed E-state index contributed by atoms with van der Waals surface area (Å²) < 4.78 is 0. The Balaban J connectivity index is 1.53. The molecule has 8 nitrogen and oxygen atoms in total. The summed E-state index contributed by atoms with van der Waals surface area (Å²) in [5.41, 5.74) is 2.43. The lowest BCUT2D eigenvalue weighted by atomic mass is 9.78. The second kappa shape index (κ2) is 8.83. The molecule has 1 fully saturated rings. The van der Waals surface area contributed by atoms with Crippen LogP contribution in [0.2, 0.25) is 0 Å². The molecule has 1 aromatic carbocycles. The number of aliphatic hydroxyl groups excluding tert-OH is 1. The highest BCUT2D eigenvalue weighted by Gasteiger charge is 2.37. The minimum Gasteiger partial charge on any atom is -0.396 e. The Bertz CT molecular complexity index is 1530. The summed E-state index contributed by atoms with van der Waals surface area (Å²) in [6, 6.07) is 9.52. The quantitative estimate of drug-likeness (QED) is 0.359.